The molecular formula is C85H87N13O12. The molecule has 0 saturated carbocycles. The van der Waals surface area contributed by atoms with Crippen molar-refractivity contribution in [3.63, 3.8) is 0 Å². The number of H-pyrrole nitrogens is 6. The van der Waals surface area contributed by atoms with E-state index in [-0.39, 0.29) is 22.7 Å². The topological polar surface area (TPSA) is 307 Å². The standard InChI is InChI=1S/C29H29N3O3.C28H29N5O4.C22H23N3O3.C6H6N2O2/c1-34-15-13-32(20-21-7-3-2-4-8-21)14-16-35-24-11-12-27-23(17-24)19-28(30-27)25-18-22-9-5-6-10-26(22)31-29(25)33;1-35-11-9-33(18-19-16-29-28(36-2)30-17-19)10-12-37-22-7-8-25-21(13-22)15-26(31-25)23-14-20-5-3-4-6-24(20)32-27(23)34;1-27-10-8-23-9-11-28-17-6-7-20-16(12-17)14-21(24-20)18-13-15-4-2-3-5-19(15)25-22(18)26;1-10-6-7-2-5(4-9)3-8-6/h2-12,17-19,30H,13-16,20H2,1H3,(H,31,33);3-8,13-17,31H,9-12,18H2,1-2H3,(H,32,34);2-7,12-14,23-24H,8-11H2,1H3,(H,25,26);2-4H,1H3. The minimum atomic E-state index is -0.125. The van der Waals surface area contributed by atoms with Crippen LogP contribution < -0.4 is 45.7 Å². The van der Waals surface area contributed by atoms with Crippen LogP contribution >= 0.6 is 0 Å². The van der Waals surface area contributed by atoms with Crippen LogP contribution in [0.5, 0.6) is 29.3 Å². The highest BCUT2D eigenvalue weighted by Crippen LogP contribution is 2.31. The minimum Gasteiger partial charge on any atom is -0.492 e. The Labute approximate surface area is 633 Å². The summed E-state index contributed by atoms with van der Waals surface area (Å²) in [5, 5.41) is 9.22. The highest BCUT2D eigenvalue weighted by molar-refractivity contribution is 5.92. The van der Waals surface area contributed by atoms with E-state index in [4.69, 9.17) is 33.2 Å². The number of nitrogens with one attached hydrogen (secondary N) is 7. The van der Waals surface area contributed by atoms with E-state index in [9.17, 15) is 19.2 Å². The SMILES string of the molecule is COCCN(CCOc1ccc2[nH]c(-c3cc4ccccc4[nH]c3=O)cc2c1)Cc1ccccc1.COCCN(CCOc1ccc2[nH]c(-c3cc4ccccc4[nH]c3=O)cc2c1)Cc1cnc(OC)nc1.COCCNCCOc1ccc2[nH]c(-c3cc4ccccc4[nH]c3=O)cc2c1.COc1ncc(C=O)cn1. The molecule has 15 rings (SSSR count). The third kappa shape index (κ3) is 21.0. The molecule has 0 aliphatic carbocycles. The van der Waals surface area contributed by atoms with Crippen LogP contribution in [0.25, 0.3) is 99.2 Å². The third-order valence-corrected chi connectivity index (χ3v) is 18.0. The van der Waals surface area contributed by atoms with Gasteiger partial charge in [-0.15, -0.1) is 0 Å². The van der Waals surface area contributed by atoms with E-state index in [1.165, 1.54) is 25.1 Å². The summed E-state index contributed by atoms with van der Waals surface area (Å²) in [6.07, 6.45) is 7.02. The summed E-state index contributed by atoms with van der Waals surface area (Å²) in [7, 11) is 8.12. The fraction of sp³-hybridized carbons (Fsp3) is 0.224. The van der Waals surface area contributed by atoms with Crippen molar-refractivity contribution in [1.82, 2.24) is 65.0 Å². The van der Waals surface area contributed by atoms with Crippen molar-refractivity contribution in [1.29, 1.82) is 0 Å². The van der Waals surface area contributed by atoms with Crippen LogP contribution in [0.4, 0.5) is 0 Å². The van der Waals surface area contributed by atoms with Gasteiger partial charge in [0.15, 0.2) is 6.29 Å². The molecule has 0 aliphatic rings. The van der Waals surface area contributed by atoms with Gasteiger partial charge in [-0.1, -0.05) is 84.9 Å². The van der Waals surface area contributed by atoms with Crippen molar-refractivity contribution in [3.05, 3.63) is 267 Å². The van der Waals surface area contributed by atoms with Crippen molar-refractivity contribution in [2.75, 3.05) is 114 Å². The first-order valence-corrected chi connectivity index (χ1v) is 35.9. The van der Waals surface area contributed by atoms with Crippen molar-refractivity contribution in [2.24, 2.45) is 0 Å². The first kappa shape index (κ1) is 77.0. The Kier molecular flexibility index (Phi) is 27.1. The molecule has 0 radical (unpaired) electrons. The molecule has 0 aliphatic heterocycles. The van der Waals surface area contributed by atoms with Gasteiger partial charge in [0.1, 0.15) is 37.1 Å². The number of benzene rings is 7. The second-order valence-electron chi connectivity index (χ2n) is 25.6. The zero-order valence-electron chi connectivity index (χ0n) is 61.8. The average molecular weight is 1480 g/mol. The highest BCUT2D eigenvalue weighted by atomic mass is 16.5. The monoisotopic (exact) mass is 1480 g/mol. The van der Waals surface area contributed by atoms with E-state index in [0.29, 0.717) is 87.3 Å². The van der Waals surface area contributed by atoms with Crippen LogP contribution in [-0.2, 0) is 27.3 Å². The van der Waals surface area contributed by atoms with Gasteiger partial charge >= 0.3 is 12.0 Å². The number of aromatic amines is 6. The molecule has 110 heavy (non-hydrogen) atoms. The number of fused-ring (bicyclic) bond motifs is 6. The molecule has 7 aromatic carbocycles. The molecule has 0 fully saturated rings. The number of aldehydes is 1. The van der Waals surface area contributed by atoms with Crippen molar-refractivity contribution in [3.8, 4) is 63.0 Å². The molecule has 0 bridgehead atoms. The van der Waals surface area contributed by atoms with Crippen molar-refractivity contribution >= 4 is 71.7 Å². The molecule has 7 N–H and O–H groups in total. The van der Waals surface area contributed by atoms with E-state index < -0.39 is 0 Å². The molecule has 0 unspecified atom stereocenters. The molecule has 8 heterocycles. The zero-order valence-corrected chi connectivity index (χ0v) is 61.8. The van der Waals surface area contributed by atoms with Crippen LogP contribution in [0.2, 0.25) is 0 Å². The predicted octanol–water partition coefficient (Wildman–Crippen LogP) is 12.8. The third-order valence-electron chi connectivity index (χ3n) is 18.0. The Balaban J connectivity index is 0.000000145. The van der Waals surface area contributed by atoms with E-state index in [1.807, 2.05) is 170 Å². The van der Waals surface area contributed by atoms with Gasteiger partial charge in [-0.2, -0.15) is 0 Å². The van der Waals surface area contributed by atoms with Gasteiger partial charge < -0.3 is 73.1 Å². The first-order valence-electron chi connectivity index (χ1n) is 35.9. The van der Waals surface area contributed by atoms with E-state index in [0.717, 1.165) is 145 Å². The molecule has 25 heteroatoms. The maximum atomic E-state index is 12.7. The van der Waals surface area contributed by atoms with Gasteiger partial charge in [0, 0.05) is 153 Å². The summed E-state index contributed by atoms with van der Waals surface area (Å²) in [6.45, 7) is 9.83. The smallest absolute Gasteiger partial charge is 0.316 e. The number of carbonyl (C=O) groups is 1. The second-order valence-corrected chi connectivity index (χ2v) is 25.6. The van der Waals surface area contributed by atoms with Crippen molar-refractivity contribution in [2.45, 2.75) is 13.1 Å². The molecule has 25 nitrogen and oxygen atoms in total. The number of pyridine rings is 3. The number of methoxy groups -OCH3 is 5. The highest BCUT2D eigenvalue weighted by Gasteiger charge is 2.16. The summed E-state index contributed by atoms with van der Waals surface area (Å²) in [4.78, 5) is 87.2. The average Bonchev–Trinajstić information content (AvgIpc) is 1.59. The first-order chi connectivity index (χ1) is 53.9. The van der Waals surface area contributed by atoms with Gasteiger partial charge in [-0.25, -0.2) is 19.9 Å². The van der Waals surface area contributed by atoms with Crippen molar-refractivity contribution < 1.29 is 42.7 Å². The summed E-state index contributed by atoms with van der Waals surface area (Å²) in [5.74, 6) is 2.38. The lowest BCUT2D eigenvalue weighted by molar-refractivity contribution is 0.112. The molecule has 15 aromatic rings. The Morgan fingerprint density at radius 1 is 0.355 bits per heavy atom. The van der Waals surface area contributed by atoms with E-state index in [2.05, 4.69) is 94.0 Å². The molecule has 564 valence electrons. The number of rotatable bonds is 31. The van der Waals surface area contributed by atoms with Crippen LogP contribution in [0.3, 0.4) is 0 Å². The largest absolute Gasteiger partial charge is 0.492 e. The summed E-state index contributed by atoms with van der Waals surface area (Å²) in [6, 6.07) is 63.9. The molecule has 0 spiro atoms. The van der Waals surface area contributed by atoms with Gasteiger partial charge in [0.25, 0.3) is 16.7 Å². The van der Waals surface area contributed by atoms with Gasteiger partial charge in [0.05, 0.1) is 73.4 Å². The molecule has 0 amide bonds. The number of hydrogen-bond acceptors (Lipinski definition) is 19. The molecule has 8 aromatic heterocycles. The zero-order chi connectivity index (χ0) is 76.4. The Morgan fingerprint density at radius 3 is 1.11 bits per heavy atom. The summed E-state index contributed by atoms with van der Waals surface area (Å²) >= 11 is 0. The lowest BCUT2D eigenvalue weighted by Gasteiger charge is -2.22. The fourth-order valence-electron chi connectivity index (χ4n) is 12.3. The summed E-state index contributed by atoms with van der Waals surface area (Å²) < 4.78 is 43.2. The number of ether oxygens (including phenoxy) is 8. The number of nitrogens with zero attached hydrogens (tertiary/aromatic N) is 6. The van der Waals surface area contributed by atoms with Crippen LogP contribution in [0, 0.1) is 0 Å². The number of aromatic nitrogens is 10. The molecule has 0 atom stereocenters. The summed E-state index contributed by atoms with van der Waals surface area (Å²) in [5.41, 5.74) is 11.9. The fourth-order valence-corrected chi connectivity index (χ4v) is 12.3. The Hall–Kier alpha value is -12.6. The molecule has 0 saturated heterocycles. The minimum absolute atomic E-state index is 0.108. The van der Waals surface area contributed by atoms with Crippen LogP contribution in [0.1, 0.15) is 21.5 Å². The maximum absolute atomic E-state index is 12.7. The predicted molar refractivity (Wildman–Crippen MR) is 430 cm³/mol. The number of hydrogen-bond donors (Lipinski definition) is 7. The van der Waals surface area contributed by atoms with E-state index in [1.54, 1.807) is 40.8 Å². The molecular weight excluding hydrogens is 1400 g/mol. The van der Waals surface area contributed by atoms with Gasteiger partial charge in [0.2, 0.25) is 0 Å². The Morgan fingerprint density at radius 2 is 0.709 bits per heavy atom. The second kappa shape index (κ2) is 38.8. The lowest BCUT2D eigenvalue weighted by Crippen LogP contribution is -2.31. The normalized spacial score (nSPS) is 11.2. The van der Waals surface area contributed by atoms with Crippen LogP contribution in [0.15, 0.2) is 233 Å². The van der Waals surface area contributed by atoms with E-state index >= 15 is 0 Å². The lowest BCUT2D eigenvalue weighted by atomic mass is 10.1. The number of carbonyl (C=O) groups excluding carboxylic acids is 1. The Bertz CT molecular complexity index is 5670. The maximum Gasteiger partial charge on any atom is 0.316 e. The quantitative estimate of drug-likeness (QED) is 0.0157. The van der Waals surface area contributed by atoms with Gasteiger partial charge in [-0.05, 0) is 131 Å². The van der Waals surface area contributed by atoms with Gasteiger partial charge in [-0.3, -0.25) is 29.0 Å². The number of para-hydroxylation sites is 3. The van der Waals surface area contributed by atoms with Crippen LogP contribution in [-0.4, -0.2) is 180 Å².